The summed E-state index contributed by atoms with van der Waals surface area (Å²) in [6.07, 6.45) is 3.80. The van der Waals surface area contributed by atoms with E-state index in [1.54, 1.807) is 6.08 Å². The highest BCUT2D eigenvalue weighted by Crippen LogP contribution is 2.26. The predicted octanol–water partition coefficient (Wildman–Crippen LogP) is 2.07. The van der Waals surface area contributed by atoms with Gasteiger partial charge in [-0.05, 0) is 22.6 Å². The minimum absolute atomic E-state index is 0.0474. The van der Waals surface area contributed by atoms with E-state index in [1.807, 2.05) is 29.0 Å². The van der Waals surface area contributed by atoms with Crippen LogP contribution in [0.2, 0.25) is 0 Å². The third-order valence-electron chi connectivity index (χ3n) is 2.47. The summed E-state index contributed by atoms with van der Waals surface area (Å²) in [6.45, 7) is 6.24. The fourth-order valence-electron chi connectivity index (χ4n) is 1.71. The summed E-state index contributed by atoms with van der Waals surface area (Å²) in [6, 6.07) is 7.71. The molecule has 104 valence electrons. The quantitative estimate of drug-likeness (QED) is 0.863. The van der Waals surface area contributed by atoms with Crippen LogP contribution in [0, 0.1) is 0 Å². The van der Waals surface area contributed by atoms with Crippen LogP contribution in [0.1, 0.15) is 31.9 Å². The maximum Gasteiger partial charge on any atom is 0.257 e. The molecule has 0 fully saturated rings. The molecule has 1 amide bonds. The molecule has 0 aliphatic carbocycles. The van der Waals surface area contributed by atoms with Crippen LogP contribution in [0.5, 0.6) is 0 Å². The summed E-state index contributed by atoms with van der Waals surface area (Å²) in [4.78, 5) is 11.4. The van der Waals surface area contributed by atoms with Crippen LogP contribution in [0.3, 0.4) is 0 Å². The Labute approximate surface area is 114 Å². The van der Waals surface area contributed by atoms with Gasteiger partial charge in [-0.3, -0.25) is 4.79 Å². The van der Waals surface area contributed by atoms with E-state index >= 15 is 0 Å². The molecule has 0 saturated heterocycles. The van der Waals surface area contributed by atoms with E-state index < -0.39 is 15.9 Å². The summed E-state index contributed by atoms with van der Waals surface area (Å²) in [7, 11) is -3.52. The fourth-order valence-corrected chi connectivity index (χ4v) is 2.14. The van der Waals surface area contributed by atoms with Crippen LogP contribution in [0.4, 0.5) is 0 Å². The van der Waals surface area contributed by atoms with Crippen molar-refractivity contribution >= 4 is 22.0 Å². The average Bonchev–Trinajstić information content (AvgIpc) is 2.23. The van der Waals surface area contributed by atoms with E-state index in [0.29, 0.717) is 0 Å². The van der Waals surface area contributed by atoms with Crippen molar-refractivity contribution in [2.75, 3.05) is 6.26 Å². The number of carbonyl (C=O) groups is 1. The molecule has 1 N–H and O–H groups in total. The predicted molar refractivity (Wildman–Crippen MR) is 77.2 cm³/mol. The molecule has 0 spiro atoms. The number of nitrogens with one attached hydrogen (secondary N) is 1. The zero-order chi connectivity index (χ0) is 14.7. The highest BCUT2D eigenvalue weighted by Gasteiger charge is 2.16. The third kappa shape index (κ3) is 5.26. The molecule has 19 heavy (non-hydrogen) atoms. The second kappa shape index (κ2) is 5.57. The first-order chi connectivity index (χ1) is 8.59. The van der Waals surface area contributed by atoms with Crippen LogP contribution >= 0.6 is 0 Å². The Hall–Kier alpha value is -1.62. The standard InChI is InChI=1S/C14H19NO3S/c1-14(2,3)12-8-6-5-7-11(12)9-10-13(16)15-19(4,17)18/h5-10H,1-4H3,(H,15,16)/b10-9+. The van der Waals surface area contributed by atoms with Gasteiger partial charge in [-0.15, -0.1) is 0 Å². The molecule has 0 atom stereocenters. The number of rotatable bonds is 3. The Morgan fingerprint density at radius 2 is 1.79 bits per heavy atom. The molecular formula is C14H19NO3S. The van der Waals surface area contributed by atoms with Crippen molar-refractivity contribution < 1.29 is 13.2 Å². The highest BCUT2D eigenvalue weighted by molar-refractivity contribution is 7.89. The number of hydrogen-bond donors (Lipinski definition) is 1. The lowest BCUT2D eigenvalue weighted by Gasteiger charge is -2.21. The molecule has 0 radical (unpaired) electrons. The SMILES string of the molecule is CC(C)(C)c1ccccc1/C=C/C(=O)NS(C)(=O)=O. The van der Waals surface area contributed by atoms with Crippen molar-refractivity contribution in [1.29, 1.82) is 0 Å². The Morgan fingerprint density at radius 3 is 2.32 bits per heavy atom. The van der Waals surface area contributed by atoms with E-state index in [1.165, 1.54) is 6.08 Å². The number of benzene rings is 1. The summed E-state index contributed by atoms with van der Waals surface area (Å²) in [5.74, 6) is -0.647. The molecule has 1 rings (SSSR count). The van der Waals surface area contributed by atoms with Crippen molar-refractivity contribution in [3.63, 3.8) is 0 Å². The highest BCUT2D eigenvalue weighted by atomic mass is 32.2. The maximum absolute atomic E-state index is 11.4. The third-order valence-corrected chi connectivity index (χ3v) is 3.04. The van der Waals surface area contributed by atoms with Gasteiger partial charge in [0.25, 0.3) is 5.91 Å². The van der Waals surface area contributed by atoms with Gasteiger partial charge in [0.1, 0.15) is 0 Å². The first-order valence-electron chi connectivity index (χ1n) is 5.89. The second-order valence-electron chi connectivity index (χ2n) is 5.41. The molecule has 4 nitrogen and oxygen atoms in total. The normalized spacial score (nSPS) is 12.6. The number of sulfonamides is 1. The van der Waals surface area contributed by atoms with Crippen LogP contribution in [-0.2, 0) is 20.2 Å². The number of carbonyl (C=O) groups excluding carboxylic acids is 1. The van der Waals surface area contributed by atoms with Crippen LogP contribution < -0.4 is 4.72 Å². The van der Waals surface area contributed by atoms with E-state index in [-0.39, 0.29) is 5.41 Å². The molecular weight excluding hydrogens is 262 g/mol. The zero-order valence-corrected chi connectivity index (χ0v) is 12.4. The molecule has 0 aliphatic rings. The van der Waals surface area contributed by atoms with Crippen molar-refractivity contribution in [2.24, 2.45) is 0 Å². The summed E-state index contributed by atoms with van der Waals surface area (Å²) in [5.41, 5.74) is 1.95. The molecule has 0 unspecified atom stereocenters. The molecule has 5 heteroatoms. The second-order valence-corrected chi connectivity index (χ2v) is 7.16. The minimum Gasteiger partial charge on any atom is -0.269 e. The number of amides is 1. The molecule has 0 bridgehead atoms. The smallest absolute Gasteiger partial charge is 0.257 e. The van der Waals surface area contributed by atoms with Gasteiger partial charge in [0.05, 0.1) is 6.26 Å². The van der Waals surface area contributed by atoms with E-state index in [0.717, 1.165) is 17.4 Å². The van der Waals surface area contributed by atoms with E-state index in [4.69, 9.17) is 0 Å². The van der Waals surface area contributed by atoms with Crippen LogP contribution in [-0.4, -0.2) is 20.6 Å². The van der Waals surface area contributed by atoms with Gasteiger partial charge >= 0.3 is 0 Å². The maximum atomic E-state index is 11.4. The van der Waals surface area contributed by atoms with Gasteiger partial charge in [0.2, 0.25) is 10.0 Å². The first kappa shape index (κ1) is 15.4. The van der Waals surface area contributed by atoms with Crippen molar-refractivity contribution in [1.82, 2.24) is 4.72 Å². The summed E-state index contributed by atoms with van der Waals surface area (Å²) in [5, 5.41) is 0. The largest absolute Gasteiger partial charge is 0.269 e. The molecule has 1 aromatic carbocycles. The monoisotopic (exact) mass is 281 g/mol. The lowest BCUT2D eigenvalue weighted by molar-refractivity contribution is -0.114. The minimum atomic E-state index is -3.52. The van der Waals surface area contributed by atoms with Crippen molar-refractivity contribution in [3.05, 3.63) is 41.5 Å². The van der Waals surface area contributed by atoms with Gasteiger partial charge in [-0.1, -0.05) is 45.0 Å². The van der Waals surface area contributed by atoms with Crippen molar-refractivity contribution in [3.8, 4) is 0 Å². The van der Waals surface area contributed by atoms with Crippen LogP contribution in [0.25, 0.3) is 6.08 Å². The van der Waals surface area contributed by atoms with Gasteiger partial charge < -0.3 is 0 Å². The topological polar surface area (TPSA) is 63.2 Å². The Bertz CT molecular complexity index is 595. The zero-order valence-electron chi connectivity index (χ0n) is 11.6. The van der Waals surface area contributed by atoms with Gasteiger partial charge in [0.15, 0.2) is 0 Å². The molecule has 0 heterocycles. The van der Waals surface area contributed by atoms with Crippen molar-refractivity contribution in [2.45, 2.75) is 26.2 Å². The summed E-state index contributed by atoms with van der Waals surface area (Å²) < 4.78 is 23.7. The lowest BCUT2D eigenvalue weighted by Crippen LogP contribution is -2.27. The Kier molecular flexibility index (Phi) is 4.52. The number of hydrogen-bond acceptors (Lipinski definition) is 3. The first-order valence-corrected chi connectivity index (χ1v) is 7.78. The molecule has 1 aromatic rings. The molecule has 0 aromatic heterocycles. The fraction of sp³-hybridized carbons (Fsp3) is 0.357. The lowest BCUT2D eigenvalue weighted by atomic mass is 9.84. The summed E-state index contributed by atoms with van der Waals surface area (Å²) >= 11 is 0. The van der Waals surface area contributed by atoms with Crippen LogP contribution in [0.15, 0.2) is 30.3 Å². The van der Waals surface area contributed by atoms with Gasteiger partial charge in [-0.2, -0.15) is 0 Å². The molecule has 0 aliphatic heterocycles. The Morgan fingerprint density at radius 1 is 1.21 bits per heavy atom. The average molecular weight is 281 g/mol. The Balaban J connectivity index is 2.98. The van der Waals surface area contributed by atoms with E-state index in [2.05, 4.69) is 20.8 Å². The van der Waals surface area contributed by atoms with Gasteiger partial charge in [-0.25, -0.2) is 13.1 Å². The molecule has 0 saturated carbocycles. The van der Waals surface area contributed by atoms with Gasteiger partial charge in [0, 0.05) is 6.08 Å². The van der Waals surface area contributed by atoms with E-state index in [9.17, 15) is 13.2 Å².